The topological polar surface area (TPSA) is 25.8 Å². The summed E-state index contributed by atoms with van der Waals surface area (Å²) in [6.45, 7) is 0.826. The van der Waals surface area contributed by atoms with Gasteiger partial charge in [0.15, 0.2) is 12.7 Å². The molecule has 2 aliphatic heterocycles. The summed E-state index contributed by atoms with van der Waals surface area (Å²) in [6, 6.07) is 8.42. The predicted octanol–water partition coefficient (Wildman–Crippen LogP) is 1.27. The monoisotopic (exact) mass is 188 g/mol. The fourth-order valence-corrected chi connectivity index (χ4v) is 2.31. The molecule has 1 aromatic carbocycles. The van der Waals surface area contributed by atoms with Crippen LogP contribution in [-0.2, 0) is 17.4 Å². The molecule has 0 saturated carbocycles. The van der Waals surface area contributed by atoms with E-state index in [1.165, 1.54) is 11.1 Å². The minimum absolute atomic E-state index is 0.243. The molecule has 0 bridgehead atoms. The van der Waals surface area contributed by atoms with Crippen molar-refractivity contribution in [3.8, 4) is 0 Å². The van der Waals surface area contributed by atoms with Crippen molar-refractivity contribution in [2.45, 2.75) is 25.6 Å². The summed E-state index contributed by atoms with van der Waals surface area (Å²) in [5, 5.41) is 11.2. The van der Waals surface area contributed by atoms with E-state index in [1.54, 1.807) is 6.26 Å². The van der Waals surface area contributed by atoms with E-state index in [1.807, 2.05) is 0 Å². The van der Waals surface area contributed by atoms with E-state index in [-0.39, 0.29) is 5.76 Å². The molecule has 0 amide bonds. The van der Waals surface area contributed by atoms with Crippen molar-refractivity contribution in [3.05, 3.63) is 47.4 Å². The summed E-state index contributed by atoms with van der Waals surface area (Å²) in [5.41, 5.74) is 2.73. The smallest absolute Gasteiger partial charge is 0.206 e. The van der Waals surface area contributed by atoms with E-state index in [2.05, 4.69) is 28.6 Å². The van der Waals surface area contributed by atoms with Crippen LogP contribution in [0.15, 0.2) is 36.3 Å². The van der Waals surface area contributed by atoms with Crippen molar-refractivity contribution in [2.75, 3.05) is 0 Å². The van der Waals surface area contributed by atoms with Crippen LogP contribution < -0.4 is 5.11 Å². The maximum absolute atomic E-state index is 11.2. The Morgan fingerprint density at radius 2 is 1.93 bits per heavy atom. The average Bonchev–Trinajstić information content (AvgIpc) is 2.53. The largest absolute Gasteiger partial charge is 0.870 e. The first-order valence-corrected chi connectivity index (χ1v) is 4.96. The second-order valence-corrected chi connectivity index (χ2v) is 4.00. The summed E-state index contributed by atoms with van der Waals surface area (Å²) in [6.07, 6.45) is 3.69. The first-order valence-electron chi connectivity index (χ1n) is 4.96. The van der Waals surface area contributed by atoms with Gasteiger partial charge in [0, 0.05) is 12.0 Å². The van der Waals surface area contributed by atoms with E-state index in [9.17, 15) is 5.11 Å². The second kappa shape index (κ2) is 2.77. The van der Waals surface area contributed by atoms with E-state index >= 15 is 0 Å². The molecule has 3 rings (SSSR count). The normalized spacial score (nSPS) is 24.1. The van der Waals surface area contributed by atoms with Gasteiger partial charge in [0.05, 0.1) is 6.42 Å². The molecule has 1 atom stereocenters. The van der Waals surface area contributed by atoms with Crippen molar-refractivity contribution in [1.82, 2.24) is 0 Å². The molecule has 0 spiro atoms. The lowest BCUT2D eigenvalue weighted by Crippen LogP contribution is -2.27. The summed E-state index contributed by atoms with van der Waals surface area (Å²) >= 11 is 0. The minimum Gasteiger partial charge on any atom is -0.870 e. The molecular weight excluding hydrogens is 176 g/mol. The fraction of sp³-hybridized carbons (Fsp3) is 0.333. The number of benzene rings is 1. The summed E-state index contributed by atoms with van der Waals surface area (Å²) in [5.74, 6) is 0.243. The molecule has 2 aliphatic rings. The van der Waals surface area contributed by atoms with Crippen LogP contribution in [0.25, 0.3) is 0 Å². The van der Waals surface area contributed by atoms with Crippen molar-refractivity contribution in [2.24, 2.45) is 0 Å². The molecule has 0 aliphatic carbocycles. The third kappa shape index (κ3) is 1.10. The third-order valence-electron chi connectivity index (χ3n) is 3.03. The summed E-state index contributed by atoms with van der Waals surface area (Å²) in [4.78, 5) is 0. The first kappa shape index (κ1) is 7.92. The van der Waals surface area contributed by atoms with Crippen LogP contribution in [0.1, 0.15) is 17.5 Å². The standard InChI is InChI=1S/C12H12O2/c13-11-6-12-5-9-3-1-2-4-10(9)7-14(12)8-11/h1-4,8,12H,5-7H2. The highest BCUT2D eigenvalue weighted by Gasteiger charge is 2.32. The van der Waals surface area contributed by atoms with Crippen molar-refractivity contribution in [1.29, 1.82) is 0 Å². The molecule has 2 heterocycles. The molecular formula is C12H12O2. The van der Waals surface area contributed by atoms with Gasteiger partial charge in [-0.1, -0.05) is 18.2 Å². The van der Waals surface area contributed by atoms with Crippen molar-refractivity contribution >= 4 is 0 Å². The molecule has 72 valence electrons. The zero-order chi connectivity index (χ0) is 9.54. The maximum Gasteiger partial charge on any atom is 0.206 e. The minimum atomic E-state index is 0.243. The number of rotatable bonds is 0. The van der Waals surface area contributed by atoms with E-state index in [4.69, 9.17) is 0 Å². The van der Waals surface area contributed by atoms with Crippen molar-refractivity contribution in [3.63, 3.8) is 0 Å². The van der Waals surface area contributed by atoms with Crippen LogP contribution in [0.3, 0.4) is 0 Å². The van der Waals surface area contributed by atoms with Crippen LogP contribution in [0, 0.1) is 0 Å². The van der Waals surface area contributed by atoms with Gasteiger partial charge in [-0.25, -0.2) is 0 Å². The Labute approximate surface area is 83.1 Å². The molecule has 1 aromatic rings. The average molecular weight is 188 g/mol. The molecule has 0 saturated heterocycles. The Hall–Kier alpha value is -1.44. The van der Waals surface area contributed by atoms with Crippen LogP contribution in [-0.4, -0.2) is 6.10 Å². The van der Waals surface area contributed by atoms with Gasteiger partial charge in [-0.15, -0.1) is 0 Å². The molecule has 2 nitrogen and oxygen atoms in total. The summed E-state index contributed by atoms with van der Waals surface area (Å²) < 4.78 is 3.02. The fourth-order valence-electron chi connectivity index (χ4n) is 2.31. The predicted molar refractivity (Wildman–Crippen MR) is 51.4 cm³/mol. The van der Waals surface area contributed by atoms with Crippen LogP contribution in [0.5, 0.6) is 0 Å². The highest BCUT2D eigenvalue weighted by molar-refractivity contribution is 5.30. The highest BCUT2D eigenvalue weighted by Crippen LogP contribution is 2.33. The SMILES string of the molecule is [O-]C1=C[O+]2Cc3ccccc3CC2C1. The Balaban J connectivity index is 1.96. The van der Waals surface area contributed by atoms with Gasteiger partial charge < -0.3 is 9.47 Å². The van der Waals surface area contributed by atoms with Crippen LogP contribution >= 0.6 is 0 Å². The zero-order valence-corrected chi connectivity index (χ0v) is 7.90. The third-order valence-corrected chi connectivity index (χ3v) is 3.03. The maximum atomic E-state index is 11.2. The van der Waals surface area contributed by atoms with Gasteiger partial charge in [-0.05, 0) is 17.4 Å². The lowest BCUT2D eigenvalue weighted by Gasteiger charge is -2.30. The van der Waals surface area contributed by atoms with E-state index < -0.39 is 0 Å². The molecule has 1 unspecified atom stereocenters. The van der Waals surface area contributed by atoms with E-state index in [0.29, 0.717) is 12.5 Å². The van der Waals surface area contributed by atoms with Gasteiger partial charge in [0.2, 0.25) is 6.26 Å². The van der Waals surface area contributed by atoms with E-state index in [0.717, 1.165) is 13.0 Å². The quantitative estimate of drug-likeness (QED) is 0.563. The van der Waals surface area contributed by atoms with Crippen molar-refractivity contribution < 1.29 is 9.47 Å². The highest BCUT2D eigenvalue weighted by atomic mass is 16.7. The Kier molecular flexibility index (Phi) is 1.57. The number of hydrogen-bond acceptors (Lipinski definition) is 1. The number of fused-ring (bicyclic) bond motifs is 2. The molecule has 0 N–H and O–H groups in total. The summed E-state index contributed by atoms with van der Waals surface area (Å²) in [7, 11) is 0. The Morgan fingerprint density at radius 3 is 2.79 bits per heavy atom. The lowest BCUT2D eigenvalue weighted by molar-refractivity contribution is -0.305. The molecule has 0 aromatic heterocycles. The molecule has 0 radical (unpaired) electrons. The molecule has 0 fully saturated rings. The van der Waals surface area contributed by atoms with Crippen LogP contribution in [0.2, 0.25) is 0 Å². The van der Waals surface area contributed by atoms with Gasteiger partial charge >= 0.3 is 0 Å². The van der Waals surface area contributed by atoms with Gasteiger partial charge in [0.1, 0.15) is 0 Å². The van der Waals surface area contributed by atoms with Gasteiger partial charge in [0.25, 0.3) is 0 Å². The van der Waals surface area contributed by atoms with Crippen LogP contribution in [0.4, 0.5) is 0 Å². The van der Waals surface area contributed by atoms with Gasteiger partial charge in [-0.2, -0.15) is 0 Å². The number of hydrogen-bond donors (Lipinski definition) is 0. The Morgan fingerprint density at radius 1 is 1.14 bits per heavy atom. The van der Waals surface area contributed by atoms with Gasteiger partial charge in [-0.3, -0.25) is 0 Å². The Bertz CT molecular complexity index is 395. The molecule has 14 heavy (non-hydrogen) atoms. The second-order valence-electron chi connectivity index (χ2n) is 4.00. The lowest BCUT2D eigenvalue weighted by atomic mass is 9.98. The molecule has 2 heteroatoms. The zero-order valence-electron chi connectivity index (χ0n) is 7.90. The first-order chi connectivity index (χ1) is 6.83.